The molecule has 1 heterocycles. The number of thiophene rings is 1. The normalized spacial score (nSPS) is 10.3. The van der Waals surface area contributed by atoms with Gasteiger partial charge < -0.3 is 4.90 Å². The molecule has 1 nitrogen and oxygen atoms in total. The summed E-state index contributed by atoms with van der Waals surface area (Å²) in [6.07, 6.45) is 0. The van der Waals surface area contributed by atoms with E-state index in [1.54, 1.807) is 11.3 Å². The van der Waals surface area contributed by atoms with Crippen LogP contribution in [0.25, 0.3) is 22.3 Å². The zero-order valence-corrected chi connectivity index (χ0v) is 18.2. The predicted octanol–water partition coefficient (Wildman–Crippen LogP) is 5.36. The number of benzene rings is 4. The van der Waals surface area contributed by atoms with Crippen molar-refractivity contribution in [3.8, 4) is 22.3 Å². The fourth-order valence-electron chi connectivity index (χ4n) is 3.68. The molecule has 5 aromatic rings. The summed E-state index contributed by atoms with van der Waals surface area (Å²) in [5.74, 6) is 0. The Morgan fingerprint density at radius 2 is 0.935 bits per heavy atom. The first kappa shape index (κ1) is 21.2. The van der Waals surface area contributed by atoms with Crippen LogP contribution in [0.15, 0.2) is 121 Å². The number of hydrogen-bond donors (Lipinski definition) is 0. The fraction of sp³-hybridized carbons (Fsp3) is 0. The average molecular weight is 409 g/mol. The van der Waals surface area contributed by atoms with E-state index in [2.05, 4.69) is 132 Å². The molecule has 0 aliphatic heterocycles. The van der Waals surface area contributed by atoms with Crippen LogP contribution >= 0.6 is 11.3 Å². The maximum Gasteiger partial charge on any atom is 1.00 e. The first-order chi connectivity index (χ1) is 14.9. The Bertz CT molecular complexity index is 1180. The van der Waals surface area contributed by atoms with Crippen LogP contribution in [-0.2, 0) is 0 Å². The van der Waals surface area contributed by atoms with Gasteiger partial charge in [-0.25, -0.2) is 11.3 Å². The van der Waals surface area contributed by atoms with E-state index < -0.39 is 0 Å². The van der Waals surface area contributed by atoms with Crippen LogP contribution in [0.5, 0.6) is 0 Å². The second-order valence-electron chi connectivity index (χ2n) is 7.00. The number of anilines is 3. The van der Waals surface area contributed by atoms with Gasteiger partial charge in [-0.15, -0.1) is 5.56 Å². The maximum atomic E-state index is 3.61. The molecule has 0 bridgehead atoms. The van der Waals surface area contributed by atoms with E-state index in [0.717, 1.165) is 21.9 Å². The molecular weight excluding hydrogens is 389 g/mol. The van der Waals surface area contributed by atoms with Crippen molar-refractivity contribution in [1.29, 1.82) is 0 Å². The van der Waals surface area contributed by atoms with Crippen LogP contribution in [0.1, 0.15) is 0 Å². The molecule has 5 rings (SSSR count). The van der Waals surface area contributed by atoms with Crippen LogP contribution in [0.2, 0.25) is 0 Å². The van der Waals surface area contributed by atoms with E-state index >= 15 is 0 Å². The number of nitrogens with zero attached hydrogens (tertiary/aromatic N) is 1. The Balaban J connectivity index is 0.00000231. The molecule has 4 aromatic carbocycles. The van der Waals surface area contributed by atoms with Crippen molar-refractivity contribution in [2.24, 2.45) is 0 Å². The van der Waals surface area contributed by atoms with Gasteiger partial charge in [0.15, 0.2) is 0 Å². The first-order valence-corrected chi connectivity index (χ1v) is 10.8. The number of hydrogen-bond acceptors (Lipinski definition) is 2. The molecule has 0 aliphatic rings. The standard InChI is InChI=1S/C28H20NS.Li/c1-5-13-22(14-6-1)26-21-30-28(27(26)23-15-7-2-8-16-23)29(24-17-9-3-10-18-24)25-19-11-4-12-20-25;/h1-20H;/q-1;+1. The number of para-hydroxylation sites is 2. The van der Waals surface area contributed by atoms with E-state index in [1.165, 1.54) is 16.7 Å². The van der Waals surface area contributed by atoms with Crippen molar-refractivity contribution >= 4 is 27.7 Å². The van der Waals surface area contributed by atoms with Gasteiger partial charge >= 0.3 is 18.9 Å². The summed E-state index contributed by atoms with van der Waals surface area (Å²) in [4.78, 5) is 2.33. The van der Waals surface area contributed by atoms with Gasteiger partial charge in [0.2, 0.25) is 0 Å². The SMILES string of the molecule is [Li+].[c-]1sc(N(c2ccccc2)c2ccccc2)c(-c2ccccc2)c1-c1ccccc1. The largest absolute Gasteiger partial charge is 1.00 e. The zero-order chi connectivity index (χ0) is 20.2. The van der Waals surface area contributed by atoms with Crippen molar-refractivity contribution in [2.45, 2.75) is 0 Å². The van der Waals surface area contributed by atoms with Crippen LogP contribution in [-0.4, -0.2) is 0 Å². The van der Waals surface area contributed by atoms with Gasteiger partial charge in [0.1, 0.15) is 0 Å². The van der Waals surface area contributed by atoms with Crippen molar-refractivity contribution in [3.63, 3.8) is 0 Å². The summed E-state index contributed by atoms with van der Waals surface area (Å²) in [5.41, 5.74) is 6.99. The van der Waals surface area contributed by atoms with Gasteiger partial charge in [0.25, 0.3) is 0 Å². The molecule has 0 amide bonds. The van der Waals surface area contributed by atoms with E-state index in [1.807, 2.05) is 0 Å². The fourth-order valence-corrected chi connectivity index (χ4v) is 4.73. The molecule has 0 N–H and O–H groups in total. The quantitative estimate of drug-likeness (QED) is 0.279. The van der Waals surface area contributed by atoms with Crippen LogP contribution in [0.3, 0.4) is 0 Å². The third-order valence-corrected chi connectivity index (χ3v) is 5.96. The molecule has 0 spiro atoms. The summed E-state index contributed by atoms with van der Waals surface area (Å²) in [7, 11) is 0. The Hall–Kier alpha value is -3.02. The van der Waals surface area contributed by atoms with Crippen molar-refractivity contribution < 1.29 is 18.9 Å². The Morgan fingerprint density at radius 3 is 1.42 bits per heavy atom. The van der Waals surface area contributed by atoms with E-state index in [0.29, 0.717) is 0 Å². The van der Waals surface area contributed by atoms with Gasteiger partial charge in [0.05, 0.1) is 0 Å². The van der Waals surface area contributed by atoms with E-state index in [9.17, 15) is 0 Å². The predicted molar refractivity (Wildman–Crippen MR) is 129 cm³/mol. The van der Waals surface area contributed by atoms with E-state index in [4.69, 9.17) is 0 Å². The van der Waals surface area contributed by atoms with E-state index in [-0.39, 0.29) is 18.9 Å². The maximum absolute atomic E-state index is 3.61. The average Bonchev–Trinajstić information content (AvgIpc) is 3.26. The Kier molecular flexibility index (Phi) is 6.75. The first-order valence-electron chi connectivity index (χ1n) is 9.97. The van der Waals surface area contributed by atoms with Crippen molar-refractivity contribution in [1.82, 2.24) is 0 Å². The zero-order valence-electron chi connectivity index (χ0n) is 17.4. The smallest absolute Gasteiger partial charge is 0.350 e. The van der Waals surface area contributed by atoms with Crippen LogP contribution in [0, 0.1) is 5.38 Å². The monoisotopic (exact) mass is 409 g/mol. The summed E-state index contributed by atoms with van der Waals surface area (Å²) in [5, 5.41) is 4.77. The molecule has 0 saturated heterocycles. The summed E-state index contributed by atoms with van der Waals surface area (Å²) in [6.45, 7) is 0. The molecule has 0 radical (unpaired) electrons. The molecule has 0 saturated carbocycles. The van der Waals surface area contributed by atoms with Crippen molar-refractivity contribution in [3.05, 3.63) is 127 Å². The Morgan fingerprint density at radius 1 is 0.516 bits per heavy atom. The number of rotatable bonds is 5. The minimum Gasteiger partial charge on any atom is -0.350 e. The third kappa shape index (κ3) is 4.38. The summed E-state index contributed by atoms with van der Waals surface area (Å²) in [6, 6.07) is 42.2. The molecule has 1 aromatic heterocycles. The topological polar surface area (TPSA) is 3.24 Å². The second-order valence-corrected chi connectivity index (χ2v) is 7.79. The molecule has 0 aliphatic carbocycles. The van der Waals surface area contributed by atoms with Gasteiger partial charge in [-0.3, -0.25) is 0 Å². The van der Waals surface area contributed by atoms with Gasteiger partial charge in [-0.05, 0) is 29.3 Å². The molecular formula is C28H20LiNS. The molecule has 0 atom stereocenters. The summed E-state index contributed by atoms with van der Waals surface area (Å²) >= 11 is 1.66. The van der Waals surface area contributed by atoms with Gasteiger partial charge in [-0.1, -0.05) is 119 Å². The Labute approximate surface area is 199 Å². The van der Waals surface area contributed by atoms with Crippen molar-refractivity contribution in [2.75, 3.05) is 4.90 Å². The molecule has 144 valence electrons. The summed E-state index contributed by atoms with van der Waals surface area (Å²) < 4.78 is 0. The third-order valence-electron chi connectivity index (χ3n) is 5.07. The van der Waals surface area contributed by atoms with Gasteiger partial charge in [0, 0.05) is 11.4 Å². The second kappa shape index (κ2) is 9.86. The molecule has 0 unspecified atom stereocenters. The van der Waals surface area contributed by atoms with Gasteiger partial charge in [-0.2, -0.15) is 0 Å². The molecule has 0 fully saturated rings. The minimum absolute atomic E-state index is 0. The minimum atomic E-state index is 0. The molecule has 3 heteroatoms. The molecule has 31 heavy (non-hydrogen) atoms. The van der Waals surface area contributed by atoms with Crippen LogP contribution in [0.4, 0.5) is 16.4 Å². The van der Waals surface area contributed by atoms with Crippen LogP contribution < -0.4 is 23.8 Å².